The zero-order chi connectivity index (χ0) is 19.9. The summed E-state index contributed by atoms with van der Waals surface area (Å²) in [4.78, 5) is 24.7. The lowest BCUT2D eigenvalue weighted by Crippen LogP contribution is -2.18. The topological polar surface area (TPSA) is 70.6 Å². The number of amides is 2. The van der Waals surface area contributed by atoms with Gasteiger partial charge in [0.1, 0.15) is 0 Å². The lowest BCUT2D eigenvalue weighted by molar-refractivity contribution is 0.0953. The van der Waals surface area contributed by atoms with Crippen LogP contribution in [0.5, 0.6) is 0 Å². The Morgan fingerprint density at radius 3 is 2.46 bits per heavy atom. The summed E-state index contributed by atoms with van der Waals surface area (Å²) in [5, 5.41) is 7.28. The van der Waals surface area contributed by atoms with Crippen LogP contribution in [0.2, 0.25) is 5.02 Å². The van der Waals surface area contributed by atoms with Gasteiger partial charge in [-0.05, 0) is 42.8 Å². The van der Waals surface area contributed by atoms with Crippen LogP contribution in [0.3, 0.4) is 0 Å². The molecule has 0 unspecified atom stereocenters. The van der Waals surface area contributed by atoms with Crippen LogP contribution < -0.4 is 10.7 Å². The smallest absolute Gasteiger partial charge is 0.271 e. The molecular formula is C22H18ClN3O2. The zero-order valence-electron chi connectivity index (χ0n) is 15.1. The second-order valence-corrected chi connectivity index (χ2v) is 6.48. The van der Waals surface area contributed by atoms with Crippen molar-refractivity contribution in [3.05, 3.63) is 100 Å². The number of nitrogens with one attached hydrogen (secondary N) is 2. The maximum atomic E-state index is 12.4. The molecule has 0 fully saturated rings. The lowest BCUT2D eigenvalue weighted by Gasteiger charge is -2.08. The number of hydrazone groups is 1. The highest BCUT2D eigenvalue weighted by molar-refractivity contribution is 6.33. The summed E-state index contributed by atoms with van der Waals surface area (Å²) in [6.07, 6.45) is 1.48. The first kappa shape index (κ1) is 19.3. The zero-order valence-corrected chi connectivity index (χ0v) is 15.9. The summed E-state index contributed by atoms with van der Waals surface area (Å²) in [5.41, 5.74) is 5.51. The van der Waals surface area contributed by atoms with E-state index in [0.29, 0.717) is 27.4 Å². The van der Waals surface area contributed by atoms with E-state index in [1.54, 1.807) is 42.5 Å². The molecule has 0 atom stereocenters. The van der Waals surface area contributed by atoms with Crippen LogP contribution in [0, 0.1) is 6.92 Å². The summed E-state index contributed by atoms with van der Waals surface area (Å²) in [6, 6.07) is 21.1. The van der Waals surface area contributed by atoms with Crippen molar-refractivity contribution in [1.82, 2.24) is 5.43 Å². The molecule has 140 valence electrons. The van der Waals surface area contributed by atoms with Crippen LogP contribution in [0.15, 0.2) is 77.9 Å². The maximum Gasteiger partial charge on any atom is 0.271 e. The Labute approximate surface area is 168 Å². The number of benzene rings is 3. The van der Waals surface area contributed by atoms with Gasteiger partial charge in [-0.25, -0.2) is 5.43 Å². The normalized spacial score (nSPS) is 10.6. The van der Waals surface area contributed by atoms with Gasteiger partial charge in [-0.2, -0.15) is 5.10 Å². The molecule has 0 aliphatic rings. The van der Waals surface area contributed by atoms with Gasteiger partial charge in [0.2, 0.25) is 0 Å². The van der Waals surface area contributed by atoms with Crippen LogP contribution in [-0.2, 0) is 0 Å². The molecule has 0 saturated carbocycles. The van der Waals surface area contributed by atoms with Gasteiger partial charge in [-0.1, -0.05) is 54.1 Å². The average Bonchev–Trinajstić information content (AvgIpc) is 2.70. The van der Waals surface area contributed by atoms with Crippen molar-refractivity contribution in [1.29, 1.82) is 0 Å². The number of anilines is 1. The van der Waals surface area contributed by atoms with E-state index in [1.165, 1.54) is 6.21 Å². The summed E-state index contributed by atoms with van der Waals surface area (Å²) in [7, 11) is 0. The Balaban J connectivity index is 1.67. The Hall–Kier alpha value is -3.44. The summed E-state index contributed by atoms with van der Waals surface area (Å²) < 4.78 is 0. The van der Waals surface area contributed by atoms with Crippen LogP contribution in [-0.4, -0.2) is 18.0 Å². The first-order chi connectivity index (χ1) is 13.5. The Bertz CT molecular complexity index is 1050. The van der Waals surface area contributed by atoms with E-state index in [9.17, 15) is 9.59 Å². The highest BCUT2D eigenvalue weighted by Crippen LogP contribution is 2.15. The fourth-order valence-corrected chi connectivity index (χ4v) is 2.75. The molecule has 0 saturated heterocycles. The van der Waals surface area contributed by atoms with Gasteiger partial charge >= 0.3 is 0 Å². The number of rotatable bonds is 5. The molecule has 0 bridgehead atoms. The Morgan fingerprint density at radius 2 is 1.68 bits per heavy atom. The highest BCUT2D eigenvalue weighted by atomic mass is 35.5. The van der Waals surface area contributed by atoms with Crippen molar-refractivity contribution in [3.8, 4) is 0 Å². The van der Waals surface area contributed by atoms with E-state index in [-0.39, 0.29) is 5.91 Å². The molecular weight excluding hydrogens is 374 g/mol. The molecule has 0 radical (unpaired) electrons. The third-order valence-electron chi connectivity index (χ3n) is 4.05. The van der Waals surface area contributed by atoms with Crippen molar-refractivity contribution in [3.63, 3.8) is 0 Å². The molecule has 2 N–H and O–H groups in total. The minimum Gasteiger partial charge on any atom is -0.322 e. The lowest BCUT2D eigenvalue weighted by atomic mass is 10.1. The van der Waals surface area contributed by atoms with Crippen LogP contribution in [0.1, 0.15) is 31.8 Å². The second-order valence-electron chi connectivity index (χ2n) is 6.07. The quantitative estimate of drug-likeness (QED) is 0.490. The number of hydrogen-bond acceptors (Lipinski definition) is 3. The molecule has 3 aromatic carbocycles. The predicted octanol–water partition coefficient (Wildman–Crippen LogP) is 4.66. The van der Waals surface area contributed by atoms with Crippen LogP contribution in [0.25, 0.3) is 0 Å². The van der Waals surface area contributed by atoms with E-state index in [4.69, 9.17) is 11.6 Å². The molecule has 0 spiro atoms. The van der Waals surface area contributed by atoms with Gasteiger partial charge in [-0.15, -0.1) is 0 Å². The molecule has 3 aromatic rings. The van der Waals surface area contributed by atoms with E-state index in [0.717, 1.165) is 5.56 Å². The summed E-state index contributed by atoms with van der Waals surface area (Å²) >= 11 is 6.04. The highest BCUT2D eigenvalue weighted by Gasteiger charge is 2.10. The van der Waals surface area contributed by atoms with E-state index < -0.39 is 5.91 Å². The van der Waals surface area contributed by atoms with Crippen LogP contribution >= 0.6 is 11.6 Å². The fraction of sp³-hybridized carbons (Fsp3) is 0.0455. The molecule has 5 nitrogen and oxygen atoms in total. The Kier molecular flexibility index (Phi) is 6.19. The molecule has 2 amide bonds. The number of halogens is 1. The molecule has 0 aromatic heterocycles. The first-order valence-electron chi connectivity index (χ1n) is 8.59. The average molecular weight is 392 g/mol. The standard InChI is InChI=1S/C22H18ClN3O2/c1-15-7-2-4-11-19(15)22(28)25-18-10-6-9-16(13-18)21(27)26-24-14-17-8-3-5-12-20(17)23/h2-14H,1H3,(H,25,28)(H,26,27)/b24-14+. The number of aryl methyl sites for hydroxylation is 1. The minimum atomic E-state index is -0.393. The van der Waals surface area contributed by atoms with Gasteiger partial charge < -0.3 is 5.32 Å². The maximum absolute atomic E-state index is 12.4. The minimum absolute atomic E-state index is 0.229. The number of hydrogen-bond donors (Lipinski definition) is 2. The van der Waals surface area contributed by atoms with E-state index in [1.807, 2.05) is 37.3 Å². The molecule has 0 aliphatic carbocycles. The van der Waals surface area contributed by atoms with Crippen molar-refractivity contribution in [2.75, 3.05) is 5.32 Å². The predicted molar refractivity (Wildman–Crippen MR) is 112 cm³/mol. The monoisotopic (exact) mass is 391 g/mol. The van der Waals surface area contributed by atoms with Gasteiger partial charge in [0.15, 0.2) is 0 Å². The van der Waals surface area contributed by atoms with Gasteiger partial charge in [0, 0.05) is 27.4 Å². The second kappa shape index (κ2) is 8.97. The van der Waals surface area contributed by atoms with Crippen molar-refractivity contribution >= 4 is 35.3 Å². The molecule has 6 heteroatoms. The van der Waals surface area contributed by atoms with Crippen molar-refractivity contribution in [2.24, 2.45) is 5.10 Å². The molecule has 28 heavy (non-hydrogen) atoms. The number of carbonyl (C=O) groups is 2. The SMILES string of the molecule is Cc1ccccc1C(=O)Nc1cccc(C(=O)N/N=C/c2ccccc2Cl)c1. The van der Waals surface area contributed by atoms with Crippen molar-refractivity contribution < 1.29 is 9.59 Å². The third kappa shape index (κ3) is 4.84. The fourth-order valence-electron chi connectivity index (χ4n) is 2.57. The van der Waals surface area contributed by atoms with Crippen LogP contribution in [0.4, 0.5) is 5.69 Å². The number of nitrogens with zero attached hydrogens (tertiary/aromatic N) is 1. The van der Waals surface area contributed by atoms with Gasteiger partial charge in [0.05, 0.1) is 6.21 Å². The summed E-state index contributed by atoms with van der Waals surface area (Å²) in [5.74, 6) is -0.623. The third-order valence-corrected chi connectivity index (χ3v) is 4.39. The Morgan fingerprint density at radius 1 is 0.929 bits per heavy atom. The van der Waals surface area contributed by atoms with Crippen molar-refractivity contribution in [2.45, 2.75) is 6.92 Å². The molecule has 0 heterocycles. The van der Waals surface area contributed by atoms with E-state index >= 15 is 0 Å². The first-order valence-corrected chi connectivity index (χ1v) is 8.97. The molecule has 3 rings (SSSR count). The molecule has 0 aliphatic heterocycles. The largest absolute Gasteiger partial charge is 0.322 e. The van der Waals surface area contributed by atoms with E-state index in [2.05, 4.69) is 15.8 Å². The summed E-state index contributed by atoms with van der Waals surface area (Å²) in [6.45, 7) is 1.87. The van der Waals surface area contributed by atoms with Gasteiger partial charge in [-0.3, -0.25) is 9.59 Å². The number of carbonyl (C=O) groups excluding carboxylic acids is 2. The van der Waals surface area contributed by atoms with Gasteiger partial charge in [0.25, 0.3) is 11.8 Å².